The van der Waals surface area contributed by atoms with Crippen LogP contribution in [0.25, 0.3) is 0 Å². The summed E-state index contributed by atoms with van der Waals surface area (Å²) in [5, 5.41) is 22.1. The molecule has 20 heavy (non-hydrogen) atoms. The predicted octanol–water partition coefficient (Wildman–Crippen LogP) is 2.33. The fourth-order valence-electron chi connectivity index (χ4n) is 1.59. The summed E-state index contributed by atoms with van der Waals surface area (Å²) in [5.74, 6) is -1.50. The number of benzene rings is 1. The molecule has 0 heterocycles. The highest BCUT2D eigenvalue weighted by Crippen LogP contribution is 2.23. The topological polar surface area (TPSA) is 92.5 Å². The van der Waals surface area contributed by atoms with Crippen LogP contribution in [0.15, 0.2) is 18.2 Å². The standard InChI is InChI=1S/C11H11F3N2O4/c12-11(13,14)4-5-15-6-7-2-1-3-8(16(19)20)9(7)10(17)18/h1-3,15H,4-6H2,(H,17,18). The molecule has 9 heteroatoms. The molecule has 0 amide bonds. The summed E-state index contributed by atoms with van der Waals surface area (Å²) in [5.41, 5.74) is -1.04. The molecule has 0 aliphatic heterocycles. The van der Waals surface area contributed by atoms with E-state index in [2.05, 4.69) is 5.32 Å². The molecule has 6 nitrogen and oxygen atoms in total. The number of rotatable bonds is 6. The largest absolute Gasteiger partial charge is 0.477 e. The Morgan fingerprint density at radius 1 is 1.40 bits per heavy atom. The Morgan fingerprint density at radius 2 is 2.05 bits per heavy atom. The van der Waals surface area contributed by atoms with Crippen molar-refractivity contribution in [2.45, 2.75) is 19.1 Å². The Morgan fingerprint density at radius 3 is 2.55 bits per heavy atom. The maximum absolute atomic E-state index is 11.9. The van der Waals surface area contributed by atoms with Crippen molar-refractivity contribution >= 4 is 11.7 Å². The van der Waals surface area contributed by atoms with Crippen LogP contribution >= 0.6 is 0 Å². The van der Waals surface area contributed by atoms with Crippen molar-refractivity contribution in [1.82, 2.24) is 5.32 Å². The lowest BCUT2D eigenvalue weighted by Gasteiger charge is -2.09. The van der Waals surface area contributed by atoms with E-state index in [0.29, 0.717) is 0 Å². The third kappa shape index (κ3) is 4.50. The van der Waals surface area contributed by atoms with Crippen molar-refractivity contribution in [1.29, 1.82) is 0 Å². The number of carboxylic acids is 1. The Kier molecular flexibility index (Phi) is 5.03. The predicted molar refractivity (Wildman–Crippen MR) is 62.4 cm³/mol. The van der Waals surface area contributed by atoms with Gasteiger partial charge in [-0.05, 0) is 5.56 Å². The van der Waals surface area contributed by atoms with Gasteiger partial charge in [0, 0.05) is 19.2 Å². The van der Waals surface area contributed by atoms with Gasteiger partial charge in [0.1, 0.15) is 5.56 Å². The molecule has 0 saturated carbocycles. The fourth-order valence-corrected chi connectivity index (χ4v) is 1.59. The average Bonchev–Trinajstić information content (AvgIpc) is 2.32. The van der Waals surface area contributed by atoms with E-state index in [9.17, 15) is 28.1 Å². The summed E-state index contributed by atoms with van der Waals surface area (Å²) in [6.07, 6.45) is -5.38. The second-order valence-corrected chi connectivity index (χ2v) is 3.92. The number of hydrogen-bond acceptors (Lipinski definition) is 4. The minimum atomic E-state index is -4.31. The maximum Gasteiger partial charge on any atom is 0.390 e. The van der Waals surface area contributed by atoms with Crippen molar-refractivity contribution in [3.8, 4) is 0 Å². The Balaban J connectivity index is 2.82. The number of nitrogens with zero attached hydrogens (tertiary/aromatic N) is 1. The van der Waals surface area contributed by atoms with Crippen LogP contribution in [0.2, 0.25) is 0 Å². The quantitative estimate of drug-likeness (QED) is 0.477. The van der Waals surface area contributed by atoms with Crippen LogP contribution in [0.5, 0.6) is 0 Å². The molecule has 0 atom stereocenters. The highest BCUT2D eigenvalue weighted by Gasteiger charge is 2.26. The van der Waals surface area contributed by atoms with Crippen molar-refractivity contribution in [2.75, 3.05) is 6.54 Å². The first-order valence-corrected chi connectivity index (χ1v) is 5.49. The van der Waals surface area contributed by atoms with Gasteiger partial charge in [0.05, 0.1) is 11.3 Å². The van der Waals surface area contributed by atoms with Gasteiger partial charge in [0.2, 0.25) is 0 Å². The zero-order chi connectivity index (χ0) is 15.3. The molecule has 0 aliphatic rings. The molecule has 0 aliphatic carbocycles. The van der Waals surface area contributed by atoms with Gasteiger partial charge in [-0.25, -0.2) is 4.79 Å². The van der Waals surface area contributed by atoms with E-state index in [1.807, 2.05) is 0 Å². The fraction of sp³-hybridized carbons (Fsp3) is 0.364. The second-order valence-electron chi connectivity index (χ2n) is 3.92. The zero-order valence-corrected chi connectivity index (χ0v) is 10.1. The second kappa shape index (κ2) is 6.33. The molecular weight excluding hydrogens is 281 g/mol. The van der Waals surface area contributed by atoms with Gasteiger partial charge in [-0.3, -0.25) is 10.1 Å². The van der Waals surface area contributed by atoms with Crippen molar-refractivity contribution in [2.24, 2.45) is 0 Å². The summed E-state index contributed by atoms with van der Waals surface area (Å²) in [6, 6.07) is 3.63. The van der Waals surface area contributed by atoms with Gasteiger partial charge in [-0.2, -0.15) is 13.2 Å². The molecule has 0 unspecified atom stereocenters. The summed E-state index contributed by atoms with van der Waals surface area (Å²) in [4.78, 5) is 20.9. The number of nitro benzene ring substituents is 1. The summed E-state index contributed by atoms with van der Waals surface area (Å²) >= 11 is 0. The summed E-state index contributed by atoms with van der Waals surface area (Å²) in [7, 11) is 0. The van der Waals surface area contributed by atoms with E-state index >= 15 is 0 Å². The molecular formula is C11H11F3N2O4. The molecule has 1 aromatic carbocycles. The number of hydrogen-bond donors (Lipinski definition) is 2. The minimum absolute atomic E-state index is 0.0638. The molecule has 0 aromatic heterocycles. The van der Waals surface area contributed by atoms with Gasteiger partial charge in [0.15, 0.2) is 0 Å². The van der Waals surface area contributed by atoms with E-state index in [-0.39, 0.29) is 12.1 Å². The van der Waals surface area contributed by atoms with Crippen LogP contribution in [0.3, 0.4) is 0 Å². The molecule has 0 fully saturated rings. The number of halogens is 3. The van der Waals surface area contributed by atoms with Crippen LogP contribution in [-0.2, 0) is 6.54 Å². The first-order chi connectivity index (χ1) is 9.22. The van der Waals surface area contributed by atoms with Crippen molar-refractivity contribution < 1.29 is 28.0 Å². The molecule has 0 spiro atoms. The summed E-state index contributed by atoms with van der Waals surface area (Å²) < 4.78 is 35.8. The average molecular weight is 292 g/mol. The third-order valence-corrected chi connectivity index (χ3v) is 2.44. The Labute approximate surface area is 111 Å². The highest BCUT2D eigenvalue weighted by molar-refractivity contribution is 5.94. The Hall–Kier alpha value is -2.16. The van der Waals surface area contributed by atoms with Gasteiger partial charge in [-0.15, -0.1) is 0 Å². The lowest BCUT2D eigenvalue weighted by Crippen LogP contribution is -2.22. The zero-order valence-electron chi connectivity index (χ0n) is 10.1. The molecule has 0 bridgehead atoms. The van der Waals surface area contributed by atoms with Gasteiger partial charge >= 0.3 is 12.1 Å². The van der Waals surface area contributed by atoms with Crippen LogP contribution in [0.4, 0.5) is 18.9 Å². The van der Waals surface area contributed by atoms with E-state index in [4.69, 9.17) is 5.11 Å². The van der Waals surface area contributed by atoms with E-state index in [1.165, 1.54) is 12.1 Å². The van der Waals surface area contributed by atoms with Crippen molar-refractivity contribution in [3.05, 3.63) is 39.4 Å². The lowest BCUT2D eigenvalue weighted by molar-refractivity contribution is -0.385. The number of alkyl halides is 3. The van der Waals surface area contributed by atoms with Crippen LogP contribution in [-0.4, -0.2) is 28.7 Å². The number of aromatic carboxylic acids is 1. The molecule has 1 rings (SSSR count). The Bertz CT molecular complexity index is 517. The lowest BCUT2D eigenvalue weighted by atomic mass is 10.1. The van der Waals surface area contributed by atoms with E-state index in [0.717, 1.165) is 6.07 Å². The molecule has 2 N–H and O–H groups in total. The van der Waals surface area contributed by atoms with Crippen LogP contribution < -0.4 is 5.32 Å². The summed E-state index contributed by atoms with van der Waals surface area (Å²) in [6.45, 7) is -0.593. The first-order valence-electron chi connectivity index (χ1n) is 5.49. The number of nitro groups is 1. The molecule has 0 saturated heterocycles. The SMILES string of the molecule is O=C(O)c1c(CNCCC(F)(F)F)cccc1[N+](=O)[O-]. The van der Waals surface area contributed by atoms with Crippen LogP contribution in [0.1, 0.15) is 22.3 Å². The monoisotopic (exact) mass is 292 g/mol. The van der Waals surface area contributed by atoms with Gasteiger partial charge in [-0.1, -0.05) is 12.1 Å². The van der Waals surface area contributed by atoms with Crippen molar-refractivity contribution in [3.63, 3.8) is 0 Å². The van der Waals surface area contributed by atoms with Crippen LogP contribution in [0, 0.1) is 10.1 Å². The first kappa shape index (κ1) is 15.9. The van der Waals surface area contributed by atoms with Gasteiger partial charge in [0.25, 0.3) is 5.69 Å². The normalized spacial score (nSPS) is 11.3. The van der Waals surface area contributed by atoms with E-state index in [1.54, 1.807) is 0 Å². The van der Waals surface area contributed by atoms with Gasteiger partial charge < -0.3 is 10.4 Å². The minimum Gasteiger partial charge on any atom is -0.477 e. The third-order valence-electron chi connectivity index (χ3n) is 2.44. The number of nitrogens with one attached hydrogen (secondary N) is 1. The highest BCUT2D eigenvalue weighted by atomic mass is 19.4. The number of carboxylic acid groups (broad SMARTS) is 1. The molecule has 0 radical (unpaired) electrons. The van der Waals surface area contributed by atoms with E-state index < -0.39 is 41.3 Å². The maximum atomic E-state index is 11.9. The molecule has 110 valence electrons. The molecule has 1 aromatic rings. The smallest absolute Gasteiger partial charge is 0.390 e. The number of carbonyl (C=O) groups is 1.